The van der Waals surface area contributed by atoms with Gasteiger partial charge in [-0.1, -0.05) is 18.2 Å². The molecule has 1 saturated heterocycles. The van der Waals surface area contributed by atoms with Crippen LogP contribution >= 0.6 is 0 Å². The number of fused-ring (bicyclic) bond motifs is 1. The van der Waals surface area contributed by atoms with E-state index in [0.717, 1.165) is 16.8 Å². The molecule has 1 N–H and O–H groups in total. The van der Waals surface area contributed by atoms with E-state index >= 15 is 0 Å². The molecule has 1 amide bonds. The van der Waals surface area contributed by atoms with Crippen LogP contribution < -0.4 is 10.2 Å². The fourth-order valence-corrected chi connectivity index (χ4v) is 4.20. The minimum atomic E-state index is -0.708. The lowest BCUT2D eigenvalue weighted by Crippen LogP contribution is -2.57. The molecular formula is C25H27FN4O. The van der Waals surface area contributed by atoms with Crippen LogP contribution in [0.25, 0.3) is 10.9 Å². The molecule has 0 spiro atoms. The van der Waals surface area contributed by atoms with Crippen molar-refractivity contribution in [1.29, 1.82) is 0 Å². The van der Waals surface area contributed by atoms with Gasteiger partial charge in [-0.15, -0.1) is 0 Å². The van der Waals surface area contributed by atoms with Crippen LogP contribution in [0.5, 0.6) is 0 Å². The number of pyridine rings is 1. The predicted molar refractivity (Wildman–Crippen MR) is 122 cm³/mol. The normalized spacial score (nSPS) is 25.1. The van der Waals surface area contributed by atoms with Crippen molar-refractivity contribution in [3.05, 3.63) is 65.6 Å². The molecule has 6 heteroatoms. The van der Waals surface area contributed by atoms with E-state index in [-0.39, 0.29) is 17.5 Å². The molecular weight excluding hydrogens is 391 g/mol. The van der Waals surface area contributed by atoms with E-state index in [0.29, 0.717) is 23.9 Å². The topological polar surface area (TPSA) is 48.5 Å². The minimum absolute atomic E-state index is 0.126. The Bertz CT molecular complexity index is 1240. The number of aromatic nitrogens is 1. The number of hydrogen-bond donors (Lipinski definition) is 1. The van der Waals surface area contributed by atoms with Crippen LogP contribution in [0.1, 0.15) is 26.7 Å². The van der Waals surface area contributed by atoms with E-state index in [1.165, 1.54) is 6.07 Å². The van der Waals surface area contributed by atoms with Crippen LogP contribution in [-0.4, -0.2) is 49.0 Å². The van der Waals surface area contributed by atoms with E-state index in [2.05, 4.69) is 10.3 Å². The Kier molecular flexibility index (Phi) is 4.16. The number of benzene rings is 2. The number of aryl methyl sites for hydroxylation is 1. The first-order valence-electron chi connectivity index (χ1n) is 11.7. The highest BCUT2D eigenvalue weighted by atomic mass is 19.1. The first-order valence-corrected chi connectivity index (χ1v) is 10.5. The summed E-state index contributed by atoms with van der Waals surface area (Å²) in [6.07, 6.45) is 2.93. The highest BCUT2D eigenvalue weighted by Crippen LogP contribution is 2.51. The molecule has 3 aromatic rings. The largest absolute Gasteiger partial charge is 0.368 e. The summed E-state index contributed by atoms with van der Waals surface area (Å²) in [5, 5.41) is 3.75. The number of nitrogens with zero attached hydrogens (tertiary/aromatic N) is 3. The number of amides is 1. The predicted octanol–water partition coefficient (Wildman–Crippen LogP) is 4.10. The van der Waals surface area contributed by atoms with Crippen LogP contribution in [0.4, 0.5) is 15.8 Å². The first kappa shape index (κ1) is 17.7. The summed E-state index contributed by atoms with van der Waals surface area (Å²) in [5.74, 6) is -0.520. The Morgan fingerprint density at radius 2 is 2.03 bits per heavy atom. The first-order chi connectivity index (χ1) is 15.7. The van der Waals surface area contributed by atoms with Gasteiger partial charge in [0, 0.05) is 42.0 Å². The average Bonchev–Trinajstić information content (AvgIpc) is 3.58. The van der Waals surface area contributed by atoms with Crippen molar-refractivity contribution >= 4 is 28.2 Å². The Morgan fingerprint density at radius 3 is 2.74 bits per heavy atom. The molecule has 5 nitrogen and oxygen atoms in total. The summed E-state index contributed by atoms with van der Waals surface area (Å²) in [4.78, 5) is 21.3. The van der Waals surface area contributed by atoms with E-state index in [1.54, 1.807) is 23.2 Å². The van der Waals surface area contributed by atoms with Crippen molar-refractivity contribution in [2.75, 3.05) is 37.4 Å². The van der Waals surface area contributed by atoms with Gasteiger partial charge in [-0.3, -0.25) is 9.78 Å². The minimum Gasteiger partial charge on any atom is -0.368 e. The van der Waals surface area contributed by atoms with Crippen LogP contribution in [0, 0.1) is 12.7 Å². The SMILES string of the molecule is [2H]C1C(N(C)C)C([2H])N1c1ccc(C)c(NC(=O)C2(c3ccc(F)c4ncccc34)CC2)c1. The molecule has 1 aliphatic heterocycles. The van der Waals surface area contributed by atoms with Crippen molar-refractivity contribution in [2.24, 2.45) is 0 Å². The number of rotatable bonds is 5. The maximum atomic E-state index is 14.3. The summed E-state index contributed by atoms with van der Waals surface area (Å²) >= 11 is 0. The molecule has 1 saturated carbocycles. The molecule has 0 radical (unpaired) electrons. The molecule has 0 bridgehead atoms. The molecule has 31 heavy (non-hydrogen) atoms. The lowest BCUT2D eigenvalue weighted by atomic mass is 9.91. The standard InChI is InChI=1S/C25H27FN4O/c1-16-6-7-17(30-14-18(15-30)29(2)3)13-22(16)28-24(31)25(10-11-25)20-8-9-21(26)23-19(20)5-4-12-27-23/h4-9,12-13,18H,10-11,14-15H2,1-3H3,(H,28,31)/i14D,15D. The molecule has 2 heterocycles. The van der Waals surface area contributed by atoms with E-state index in [1.807, 2.05) is 50.2 Å². The summed E-state index contributed by atoms with van der Waals surface area (Å²) in [6.45, 7) is 0.842. The number of likely N-dealkylation sites (N-methyl/N-ethyl adjacent to an activating group) is 1. The maximum absolute atomic E-state index is 14.3. The Labute approximate surface area is 184 Å². The number of carbonyl (C=O) groups is 1. The lowest BCUT2D eigenvalue weighted by Gasteiger charge is -2.44. The Hall–Kier alpha value is -2.99. The summed E-state index contributed by atoms with van der Waals surface area (Å²) in [7, 11) is 3.77. The quantitative estimate of drug-likeness (QED) is 0.675. The smallest absolute Gasteiger partial charge is 0.235 e. The average molecular weight is 421 g/mol. The van der Waals surface area contributed by atoms with Gasteiger partial charge in [0.25, 0.3) is 0 Å². The second-order valence-electron chi connectivity index (χ2n) is 8.69. The monoisotopic (exact) mass is 420 g/mol. The lowest BCUT2D eigenvalue weighted by molar-refractivity contribution is -0.118. The van der Waals surface area contributed by atoms with Gasteiger partial charge in [0.05, 0.1) is 8.16 Å². The number of anilines is 2. The van der Waals surface area contributed by atoms with Crippen molar-refractivity contribution < 1.29 is 11.9 Å². The van der Waals surface area contributed by atoms with Crippen molar-refractivity contribution in [3.63, 3.8) is 0 Å². The number of nitrogens with one attached hydrogen (secondary N) is 1. The highest BCUT2D eigenvalue weighted by molar-refractivity contribution is 6.05. The molecule has 1 aliphatic carbocycles. The fraction of sp³-hybridized carbons (Fsp3) is 0.360. The number of hydrogen-bond acceptors (Lipinski definition) is 4. The van der Waals surface area contributed by atoms with E-state index in [4.69, 9.17) is 2.74 Å². The summed E-state index contributed by atoms with van der Waals surface area (Å²) < 4.78 is 31.2. The van der Waals surface area contributed by atoms with E-state index in [9.17, 15) is 9.18 Å². The zero-order valence-corrected chi connectivity index (χ0v) is 17.9. The molecule has 1 aromatic heterocycles. The molecule has 2 aromatic carbocycles. The van der Waals surface area contributed by atoms with Crippen molar-refractivity contribution in [2.45, 2.75) is 31.2 Å². The van der Waals surface area contributed by atoms with Gasteiger partial charge in [-0.05, 0) is 69.3 Å². The van der Waals surface area contributed by atoms with E-state index < -0.39 is 24.3 Å². The summed E-state index contributed by atoms with van der Waals surface area (Å²) in [5.41, 5.74) is 2.69. The maximum Gasteiger partial charge on any atom is 0.235 e. The van der Waals surface area contributed by atoms with Gasteiger partial charge < -0.3 is 15.1 Å². The molecule has 5 rings (SSSR count). The third kappa shape index (κ3) is 3.35. The van der Waals surface area contributed by atoms with Gasteiger partial charge in [0.15, 0.2) is 0 Å². The second-order valence-corrected chi connectivity index (χ2v) is 8.69. The zero-order chi connectivity index (χ0) is 23.5. The fourth-order valence-electron chi connectivity index (χ4n) is 4.20. The molecule has 2 atom stereocenters. The molecule has 160 valence electrons. The van der Waals surface area contributed by atoms with Gasteiger partial charge in [0.2, 0.25) is 5.91 Å². The zero-order valence-electron chi connectivity index (χ0n) is 19.9. The molecule has 2 unspecified atom stereocenters. The van der Waals surface area contributed by atoms with Gasteiger partial charge in [-0.25, -0.2) is 4.39 Å². The number of halogens is 1. The van der Waals surface area contributed by atoms with Crippen LogP contribution in [0.3, 0.4) is 0 Å². The third-order valence-corrected chi connectivity index (χ3v) is 6.41. The van der Waals surface area contributed by atoms with Gasteiger partial charge >= 0.3 is 0 Å². The van der Waals surface area contributed by atoms with Crippen molar-refractivity contribution in [1.82, 2.24) is 9.88 Å². The Morgan fingerprint density at radius 1 is 1.26 bits per heavy atom. The highest BCUT2D eigenvalue weighted by Gasteiger charge is 2.52. The van der Waals surface area contributed by atoms with Crippen LogP contribution in [0.15, 0.2) is 48.7 Å². The van der Waals surface area contributed by atoms with Gasteiger partial charge in [0.1, 0.15) is 11.3 Å². The van der Waals surface area contributed by atoms with Crippen LogP contribution in [-0.2, 0) is 10.2 Å². The van der Waals surface area contributed by atoms with Crippen molar-refractivity contribution in [3.8, 4) is 0 Å². The summed E-state index contributed by atoms with van der Waals surface area (Å²) in [6, 6.07) is 12.1. The van der Waals surface area contributed by atoms with Crippen LogP contribution in [0.2, 0.25) is 0 Å². The second kappa shape index (κ2) is 7.31. The molecule has 2 fully saturated rings. The number of carbonyl (C=O) groups excluding carboxylic acids is 1. The van der Waals surface area contributed by atoms with Gasteiger partial charge in [-0.2, -0.15) is 0 Å². The molecule has 2 aliphatic rings. The Balaban J connectivity index is 1.43. The third-order valence-electron chi connectivity index (χ3n) is 6.41.